The maximum atomic E-state index is 8.81. The number of nitriles is 1. The number of benzene rings is 1. The second-order valence-corrected chi connectivity index (χ2v) is 4.89. The van der Waals surface area contributed by atoms with E-state index in [0.29, 0.717) is 17.2 Å². The molecule has 0 spiro atoms. The van der Waals surface area contributed by atoms with E-state index in [1.807, 2.05) is 18.2 Å². The zero-order chi connectivity index (χ0) is 16.1. The van der Waals surface area contributed by atoms with Gasteiger partial charge in [-0.1, -0.05) is 6.08 Å². The molecule has 0 atom stereocenters. The zero-order valence-corrected chi connectivity index (χ0v) is 12.3. The van der Waals surface area contributed by atoms with E-state index in [0.717, 1.165) is 23.1 Å². The van der Waals surface area contributed by atoms with Crippen molar-refractivity contribution < 1.29 is 0 Å². The fraction of sp³-hybridized carbons (Fsp3) is 0.0556. The van der Waals surface area contributed by atoms with Gasteiger partial charge in [-0.05, 0) is 36.2 Å². The van der Waals surface area contributed by atoms with Crippen molar-refractivity contribution in [1.82, 2.24) is 19.9 Å². The van der Waals surface area contributed by atoms with Crippen LogP contribution in [-0.4, -0.2) is 19.9 Å². The van der Waals surface area contributed by atoms with Gasteiger partial charge in [0.25, 0.3) is 0 Å². The Hall–Kier alpha value is -3.39. The van der Waals surface area contributed by atoms with Crippen molar-refractivity contribution in [3.8, 4) is 28.8 Å². The SMILES string of the molecule is C=CCc1cnc(-c2cnc(-c3ccc(C#N)cc3)nc2)nc1. The fourth-order valence-corrected chi connectivity index (χ4v) is 2.06. The maximum absolute atomic E-state index is 8.81. The van der Waals surface area contributed by atoms with Crippen molar-refractivity contribution in [3.05, 3.63) is 72.8 Å². The Morgan fingerprint density at radius 3 is 2.00 bits per heavy atom. The van der Waals surface area contributed by atoms with Gasteiger partial charge in [0.15, 0.2) is 11.6 Å². The molecular formula is C18H13N5. The summed E-state index contributed by atoms with van der Waals surface area (Å²) < 4.78 is 0. The molecule has 110 valence electrons. The highest BCUT2D eigenvalue weighted by Gasteiger charge is 2.05. The first-order valence-electron chi connectivity index (χ1n) is 7.05. The molecule has 0 aliphatic carbocycles. The minimum atomic E-state index is 0.587. The van der Waals surface area contributed by atoms with Crippen molar-refractivity contribution in [2.45, 2.75) is 6.42 Å². The summed E-state index contributed by atoms with van der Waals surface area (Å²) in [5, 5.41) is 8.81. The highest BCUT2D eigenvalue weighted by Crippen LogP contribution is 2.18. The van der Waals surface area contributed by atoms with Crippen LogP contribution < -0.4 is 0 Å². The van der Waals surface area contributed by atoms with Crippen molar-refractivity contribution in [2.24, 2.45) is 0 Å². The molecule has 5 nitrogen and oxygen atoms in total. The average Bonchev–Trinajstić information content (AvgIpc) is 2.63. The van der Waals surface area contributed by atoms with Crippen LogP contribution in [0.1, 0.15) is 11.1 Å². The van der Waals surface area contributed by atoms with E-state index in [9.17, 15) is 0 Å². The van der Waals surface area contributed by atoms with Crippen LogP contribution in [-0.2, 0) is 6.42 Å². The Balaban J connectivity index is 1.83. The second kappa shape index (κ2) is 6.58. The van der Waals surface area contributed by atoms with E-state index in [1.165, 1.54) is 0 Å². The van der Waals surface area contributed by atoms with Gasteiger partial charge in [0, 0.05) is 30.4 Å². The normalized spacial score (nSPS) is 10.0. The van der Waals surface area contributed by atoms with Gasteiger partial charge in [0.1, 0.15) is 0 Å². The van der Waals surface area contributed by atoms with Gasteiger partial charge < -0.3 is 0 Å². The number of rotatable bonds is 4. The molecule has 3 aromatic rings. The predicted molar refractivity (Wildman–Crippen MR) is 87.1 cm³/mol. The minimum absolute atomic E-state index is 0.587. The summed E-state index contributed by atoms with van der Waals surface area (Å²) in [7, 11) is 0. The van der Waals surface area contributed by atoms with Gasteiger partial charge in [-0.25, -0.2) is 19.9 Å². The van der Waals surface area contributed by atoms with Crippen LogP contribution in [0.4, 0.5) is 0 Å². The molecule has 0 amide bonds. The van der Waals surface area contributed by atoms with Gasteiger partial charge in [-0.3, -0.25) is 0 Å². The Morgan fingerprint density at radius 1 is 0.870 bits per heavy atom. The van der Waals surface area contributed by atoms with Crippen molar-refractivity contribution in [2.75, 3.05) is 0 Å². The van der Waals surface area contributed by atoms with E-state index in [2.05, 4.69) is 32.6 Å². The Morgan fingerprint density at radius 2 is 1.43 bits per heavy atom. The molecule has 0 N–H and O–H groups in total. The molecule has 2 heterocycles. The molecule has 0 fully saturated rings. The third kappa shape index (κ3) is 3.27. The smallest absolute Gasteiger partial charge is 0.162 e. The first-order chi connectivity index (χ1) is 11.3. The van der Waals surface area contributed by atoms with Crippen LogP contribution in [0.2, 0.25) is 0 Å². The topological polar surface area (TPSA) is 75.3 Å². The molecule has 23 heavy (non-hydrogen) atoms. The standard InChI is InChI=1S/C18H13N5/c1-2-3-14-9-20-18(21-10-14)16-11-22-17(23-12-16)15-6-4-13(8-19)5-7-15/h2,4-7,9-12H,1,3H2. The Labute approximate surface area is 134 Å². The molecule has 0 unspecified atom stereocenters. The summed E-state index contributed by atoms with van der Waals surface area (Å²) in [6.07, 6.45) is 9.51. The lowest BCUT2D eigenvalue weighted by Gasteiger charge is -2.03. The summed E-state index contributed by atoms with van der Waals surface area (Å²) >= 11 is 0. The van der Waals surface area contributed by atoms with Crippen LogP contribution in [0.3, 0.4) is 0 Å². The summed E-state index contributed by atoms with van der Waals surface area (Å²) in [6.45, 7) is 3.69. The van der Waals surface area contributed by atoms with Crippen molar-refractivity contribution in [1.29, 1.82) is 5.26 Å². The number of allylic oxidation sites excluding steroid dienone is 1. The summed E-state index contributed by atoms with van der Waals surface area (Å²) in [5.74, 6) is 1.19. The second-order valence-electron chi connectivity index (χ2n) is 4.89. The van der Waals surface area contributed by atoms with Crippen LogP contribution >= 0.6 is 0 Å². The third-order valence-corrected chi connectivity index (χ3v) is 3.27. The lowest BCUT2D eigenvalue weighted by Crippen LogP contribution is -1.95. The molecule has 0 saturated carbocycles. The maximum Gasteiger partial charge on any atom is 0.162 e. The first kappa shape index (κ1) is 14.5. The summed E-state index contributed by atoms with van der Waals surface area (Å²) in [6, 6.07) is 9.23. The molecule has 0 radical (unpaired) electrons. The highest BCUT2D eigenvalue weighted by atomic mass is 14.9. The van der Waals surface area contributed by atoms with E-state index >= 15 is 0 Å². The van der Waals surface area contributed by atoms with Gasteiger partial charge in [0.05, 0.1) is 17.2 Å². The average molecular weight is 299 g/mol. The molecule has 1 aromatic carbocycles. The van der Waals surface area contributed by atoms with Gasteiger partial charge >= 0.3 is 0 Å². The first-order valence-corrected chi connectivity index (χ1v) is 7.05. The molecule has 0 aliphatic heterocycles. The predicted octanol–water partition coefficient (Wildman–Crippen LogP) is 3.20. The quantitative estimate of drug-likeness (QED) is 0.691. The van der Waals surface area contributed by atoms with Gasteiger partial charge in [0.2, 0.25) is 0 Å². The Kier molecular flexibility index (Phi) is 4.16. The fourth-order valence-electron chi connectivity index (χ4n) is 2.06. The number of nitrogens with zero attached hydrogens (tertiary/aromatic N) is 5. The van der Waals surface area contributed by atoms with Crippen LogP contribution in [0.5, 0.6) is 0 Å². The third-order valence-electron chi connectivity index (χ3n) is 3.27. The van der Waals surface area contributed by atoms with Crippen LogP contribution in [0.25, 0.3) is 22.8 Å². The zero-order valence-electron chi connectivity index (χ0n) is 12.3. The van der Waals surface area contributed by atoms with E-state index < -0.39 is 0 Å². The molecule has 2 aromatic heterocycles. The van der Waals surface area contributed by atoms with Crippen LogP contribution in [0, 0.1) is 11.3 Å². The van der Waals surface area contributed by atoms with Crippen LogP contribution in [0.15, 0.2) is 61.7 Å². The lowest BCUT2D eigenvalue weighted by atomic mass is 10.1. The molecule has 3 rings (SSSR count). The largest absolute Gasteiger partial charge is 0.236 e. The molecular weight excluding hydrogens is 286 g/mol. The van der Waals surface area contributed by atoms with Gasteiger partial charge in [-0.2, -0.15) is 5.26 Å². The molecule has 0 aliphatic rings. The summed E-state index contributed by atoms with van der Waals surface area (Å²) in [5.41, 5.74) is 3.24. The summed E-state index contributed by atoms with van der Waals surface area (Å²) in [4.78, 5) is 17.3. The van der Waals surface area contributed by atoms with E-state index in [4.69, 9.17) is 5.26 Å². The lowest BCUT2D eigenvalue weighted by molar-refractivity contribution is 1.08. The van der Waals surface area contributed by atoms with E-state index in [-0.39, 0.29) is 0 Å². The minimum Gasteiger partial charge on any atom is -0.236 e. The van der Waals surface area contributed by atoms with Crippen molar-refractivity contribution in [3.63, 3.8) is 0 Å². The van der Waals surface area contributed by atoms with E-state index in [1.54, 1.807) is 36.9 Å². The highest BCUT2D eigenvalue weighted by molar-refractivity contribution is 5.59. The molecule has 5 heteroatoms. The Bertz CT molecular complexity index is 844. The number of aromatic nitrogens is 4. The monoisotopic (exact) mass is 299 g/mol. The van der Waals surface area contributed by atoms with Gasteiger partial charge in [-0.15, -0.1) is 6.58 Å². The number of hydrogen-bond donors (Lipinski definition) is 0. The molecule has 0 saturated heterocycles. The number of hydrogen-bond acceptors (Lipinski definition) is 5. The van der Waals surface area contributed by atoms with Crippen molar-refractivity contribution >= 4 is 0 Å². The molecule has 0 bridgehead atoms.